The number of nitrogen functional groups attached to an aromatic ring is 1. The summed E-state index contributed by atoms with van der Waals surface area (Å²) in [6.45, 7) is 24.3. The molecule has 11 nitrogen and oxygen atoms in total. The van der Waals surface area contributed by atoms with Crippen LogP contribution in [0.1, 0.15) is 74.0 Å². The van der Waals surface area contributed by atoms with Gasteiger partial charge in [-0.25, -0.2) is 4.98 Å². The molecule has 2 aromatic rings. The first-order chi connectivity index (χ1) is 18.8. The van der Waals surface area contributed by atoms with E-state index >= 15 is 0 Å². The molecule has 0 radical (unpaired) electrons. The molecule has 13 heteroatoms. The SMILES string of the molecule is CCCCC(=O)O[C@H]1[C@H](O[Si](C)(C)C(C)(C)C)[C@@H](CO[Si](C)(C)C(C)(C)C)O[C@H]1n1cnc2c(OC)nc(N)nc21. The molecule has 1 fully saturated rings. The average Bonchev–Trinajstić information content (AvgIpc) is 3.40. The number of aromatic nitrogens is 4. The number of hydrogen-bond acceptors (Lipinski definition) is 10. The number of fused-ring (bicyclic) bond motifs is 1. The molecule has 0 aromatic carbocycles. The lowest BCUT2D eigenvalue weighted by Crippen LogP contribution is -2.51. The molecule has 1 aliphatic rings. The van der Waals surface area contributed by atoms with E-state index in [0.29, 0.717) is 24.2 Å². The van der Waals surface area contributed by atoms with E-state index in [-0.39, 0.29) is 27.9 Å². The highest BCUT2D eigenvalue weighted by molar-refractivity contribution is 6.74. The first kappa shape index (κ1) is 33.4. The van der Waals surface area contributed by atoms with Crippen LogP contribution in [0, 0.1) is 0 Å². The fraction of sp³-hybridized carbons (Fsp3) is 0.786. The molecule has 4 atom stereocenters. The zero-order valence-electron chi connectivity index (χ0n) is 27.0. The van der Waals surface area contributed by atoms with Gasteiger partial charge in [0.25, 0.3) is 0 Å². The predicted molar refractivity (Wildman–Crippen MR) is 165 cm³/mol. The molecule has 2 N–H and O–H groups in total. The van der Waals surface area contributed by atoms with Gasteiger partial charge in [-0.3, -0.25) is 9.36 Å². The Kier molecular flexibility index (Phi) is 10.0. The van der Waals surface area contributed by atoms with Crippen molar-refractivity contribution in [3.8, 4) is 5.88 Å². The summed E-state index contributed by atoms with van der Waals surface area (Å²) in [6.07, 6.45) is 0.936. The van der Waals surface area contributed by atoms with E-state index in [0.717, 1.165) is 12.8 Å². The van der Waals surface area contributed by atoms with Crippen molar-refractivity contribution < 1.29 is 27.9 Å². The van der Waals surface area contributed by atoms with Gasteiger partial charge in [-0.1, -0.05) is 54.9 Å². The number of nitrogens with two attached hydrogens (primary N) is 1. The molecular formula is C28H51N5O6Si2. The number of anilines is 1. The number of imidazole rings is 1. The summed E-state index contributed by atoms with van der Waals surface area (Å²) in [5.74, 6) is 0.00137. The quantitative estimate of drug-likeness (QED) is 0.245. The third-order valence-corrected chi connectivity index (χ3v) is 17.8. The van der Waals surface area contributed by atoms with Gasteiger partial charge in [0, 0.05) is 6.42 Å². The van der Waals surface area contributed by atoms with Crippen molar-refractivity contribution in [3.05, 3.63) is 6.33 Å². The van der Waals surface area contributed by atoms with Crippen LogP contribution >= 0.6 is 0 Å². The van der Waals surface area contributed by atoms with Gasteiger partial charge in [-0.05, 0) is 42.7 Å². The van der Waals surface area contributed by atoms with Crippen LogP contribution in [-0.2, 0) is 23.1 Å². The molecule has 0 saturated carbocycles. The number of unbranched alkanes of at least 4 members (excludes halogenated alkanes) is 1. The maximum absolute atomic E-state index is 13.1. The minimum atomic E-state index is -2.34. The fourth-order valence-corrected chi connectivity index (χ4v) is 6.46. The van der Waals surface area contributed by atoms with Gasteiger partial charge >= 0.3 is 5.97 Å². The highest BCUT2D eigenvalue weighted by Gasteiger charge is 2.54. The monoisotopic (exact) mass is 609 g/mol. The molecule has 0 unspecified atom stereocenters. The largest absolute Gasteiger partial charge is 0.479 e. The molecule has 1 aliphatic heterocycles. The first-order valence-electron chi connectivity index (χ1n) is 14.5. The van der Waals surface area contributed by atoms with Crippen LogP contribution < -0.4 is 10.5 Å². The van der Waals surface area contributed by atoms with E-state index < -0.39 is 41.2 Å². The summed E-state index contributed by atoms with van der Waals surface area (Å²) >= 11 is 0. The smallest absolute Gasteiger partial charge is 0.306 e. The van der Waals surface area contributed by atoms with Gasteiger partial charge in [-0.15, -0.1) is 0 Å². The Labute approximate surface area is 247 Å². The molecule has 0 bridgehead atoms. The second-order valence-electron chi connectivity index (χ2n) is 14.0. The fourth-order valence-electron chi connectivity index (χ4n) is 4.12. The van der Waals surface area contributed by atoms with Gasteiger partial charge in [0.15, 0.2) is 40.1 Å². The number of esters is 1. The number of nitrogens with zero attached hydrogens (tertiary/aromatic N) is 4. The van der Waals surface area contributed by atoms with Crippen molar-refractivity contribution in [3.63, 3.8) is 0 Å². The molecule has 41 heavy (non-hydrogen) atoms. The van der Waals surface area contributed by atoms with Crippen LogP contribution in [-0.4, -0.2) is 74.2 Å². The van der Waals surface area contributed by atoms with Crippen LogP contribution in [0.2, 0.25) is 36.3 Å². The number of carbonyl (C=O) groups excluding carboxylic acids is 1. The van der Waals surface area contributed by atoms with Gasteiger partial charge in [0.1, 0.15) is 12.2 Å². The predicted octanol–water partition coefficient (Wildman–Crippen LogP) is 5.83. The van der Waals surface area contributed by atoms with Crippen molar-refractivity contribution in [2.24, 2.45) is 0 Å². The average molecular weight is 610 g/mol. The third kappa shape index (κ3) is 7.30. The van der Waals surface area contributed by atoms with Crippen molar-refractivity contribution in [1.82, 2.24) is 19.5 Å². The number of methoxy groups -OCH3 is 1. The number of ether oxygens (including phenoxy) is 3. The van der Waals surface area contributed by atoms with Crippen LogP contribution in [0.5, 0.6) is 5.88 Å². The molecule has 3 rings (SSSR count). The van der Waals surface area contributed by atoms with Crippen molar-refractivity contribution >= 4 is 39.7 Å². The molecular weight excluding hydrogens is 559 g/mol. The van der Waals surface area contributed by atoms with Gasteiger partial charge < -0.3 is 28.8 Å². The van der Waals surface area contributed by atoms with Gasteiger partial charge in [0.05, 0.1) is 20.0 Å². The maximum Gasteiger partial charge on any atom is 0.306 e. The van der Waals surface area contributed by atoms with E-state index in [1.165, 1.54) is 7.11 Å². The Balaban J connectivity index is 2.12. The van der Waals surface area contributed by atoms with Gasteiger partial charge in [0.2, 0.25) is 11.8 Å². The summed E-state index contributed by atoms with van der Waals surface area (Å²) in [5, 5.41) is -0.0677. The lowest BCUT2D eigenvalue weighted by atomic mass is 10.1. The Hall–Kier alpha value is -2.07. The van der Waals surface area contributed by atoms with E-state index in [4.69, 9.17) is 28.8 Å². The van der Waals surface area contributed by atoms with Crippen molar-refractivity contribution in [2.75, 3.05) is 19.5 Å². The second kappa shape index (κ2) is 12.3. The topological polar surface area (TPSA) is 133 Å². The minimum absolute atomic E-state index is 0.0123. The van der Waals surface area contributed by atoms with E-state index in [1.807, 2.05) is 6.92 Å². The Morgan fingerprint density at radius 2 is 1.68 bits per heavy atom. The number of hydrogen-bond donors (Lipinski definition) is 1. The summed E-state index contributed by atoms with van der Waals surface area (Å²) in [4.78, 5) is 26.2. The van der Waals surface area contributed by atoms with Crippen molar-refractivity contribution in [2.45, 2.75) is 129 Å². The lowest BCUT2D eigenvalue weighted by molar-refractivity contribution is -0.158. The molecule has 3 heterocycles. The van der Waals surface area contributed by atoms with E-state index in [9.17, 15) is 4.79 Å². The lowest BCUT2D eigenvalue weighted by Gasteiger charge is -2.41. The highest BCUT2D eigenvalue weighted by Crippen LogP contribution is 2.44. The van der Waals surface area contributed by atoms with Gasteiger partial charge in [-0.2, -0.15) is 9.97 Å². The molecule has 232 valence electrons. The van der Waals surface area contributed by atoms with Crippen LogP contribution in [0.15, 0.2) is 6.33 Å². The third-order valence-electron chi connectivity index (χ3n) is 8.81. The van der Waals surface area contributed by atoms with Crippen LogP contribution in [0.25, 0.3) is 11.2 Å². The summed E-state index contributed by atoms with van der Waals surface area (Å²) in [7, 11) is -2.96. The Bertz CT molecular complexity index is 1210. The Morgan fingerprint density at radius 1 is 1.05 bits per heavy atom. The van der Waals surface area contributed by atoms with E-state index in [1.54, 1.807) is 10.9 Å². The van der Waals surface area contributed by atoms with Crippen LogP contribution in [0.3, 0.4) is 0 Å². The molecule has 1 saturated heterocycles. The van der Waals surface area contributed by atoms with Crippen LogP contribution in [0.4, 0.5) is 5.95 Å². The Morgan fingerprint density at radius 3 is 2.24 bits per heavy atom. The van der Waals surface area contributed by atoms with E-state index in [2.05, 4.69) is 82.7 Å². The molecule has 2 aromatic heterocycles. The summed E-state index contributed by atoms with van der Waals surface area (Å²) < 4.78 is 33.8. The highest BCUT2D eigenvalue weighted by atomic mass is 28.4. The zero-order valence-corrected chi connectivity index (χ0v) is 29.0. The molecule has 0 aliphatic carbocycles. The molecule has 0 spiro atoms. The normalized spacial score (nSPS) is 22.3. The summed E-state index contributed by atoms with van der Waals surface area (Å²) in [6, 6.07) is 0. The maximum atomic E-state index is 13.1. The first-order valence-corrected chi connectivity index (χ1v) is 20.4. The zero-order chi connectivity index (χ0) is 31.0. The summed E-state index contributed by atoms with van der Waals surface area (Å²) in [5.41, 5.74) is 6.87. The molecule has 0 amide bonds. The second-order valence-corrected chi connectivity index (χ2v) is 23.5. The minimum Gasteiger partial charge on any atom is -0.479 e. The number of rotatable bonds is 11. The standard InChI is InChI=1S/C28H51N5O6Si2/c1-13-14-15-19(34)38-22-21(39-41(11,12)28(5,6)7)18(16-36-40(9,10)27(2,3)4)37-25(22)33-17-30-20-23(33)31-26(29)32-24(20)35-8/h17-18,21-22,25H,13-16H2,1-12H3,(H2,29,31,32)/t18-,21-,22+,25-/m1/s1. The number of carbonyl (C=O) groups is 1. The van der Waals surface area contributed by atoms with Crippen molar-refractivity contribution in [1.29, 1.82) is 0 Å².